The van der Waals surface area contributed by atoms with Crippen molar-refractivity contribution in [1.82, 2.24) is 15.2 Å². The van der Waals surface area contributed by atoms with Crippen LogP contribution in [0.25, 0.3) is 0 Å². The molecular formula is C22H23N3O7. The lowest BCUT2D eigenvalue weighted by Crippen LogP contribution is -2.41. The van der Waals surface area contributed by atoms with Gasteiger partial charge in [-0.3, -0.25) is 14.5 Å². The second-order valence-corrected chi connectivity index (χ2v) is 7.78. The van der Waals surface area contributed by atoms with Crippen LogP contribution in [0.3, 0.4) is 0 Å². The number of urea groups is 1. The number of aromatic nitrogens is 1. The number of Topliss-reactive ketones (excluding diaryl/α,β-unsaturated/α-hetero) is 1. The highest BCUT2D eigenvalue weighted by Gasteiger charge is 2.50. The molecule has 2 aliphatic rings. The molecule has 3 amide bonds. The molecule has 0 unspecified atom stereocenters. The molecule has 2 N–H and O–H groups in total. The Morgan fingerprint density at radius 3 is 2.53 bits per heavy atom. The van der Waals surface area contributed by atoms with E-state index < -0.39 is 35.8 Å². The lowest BCUT2D eigenvalue weighted by Gasteiger charge is -2.22. The van der Waals surface area contributed by atoms with Gasteiger partial charge in [-0.25, -0.2) is 9.59 Å². The highest BCUT2D eigenvalue weighted by Crippen LogP contribution is 2.38. The second kappa shape index (κ2) is 7.70. The highest BCUT2D eigenvalue weighted by atomic mass is 16.7. The number of nitrogens with one attached hydrogen (secondary N) is 2. The Morgan fingerprint density at radius 1 is 1.12 bits per heavy atom. The van der Waals surface area contributed by atoms with Crippen LogP contribution in [-0.2, 0) is 15.1 Å². The topological polar surface area (TPSA) is 127 Å². The number of rotatable bonds is 6. The molecule has 10 nitrogen and oxygen atoms in total. The van der Waals surface area contributed by atoms with Gasteiger partial charge in [0.15, 0.2) is 17.3 Å². The van der Waals surface area contributed by atoms with Crippen LogP contribution in [0.15, 0.2) is 18.2 Å². The third-order valence-corrected chi connectivity index (χ3v) is 5.66. The number of esters is 1. The number of hydrogen-bond donors (Lipinski definition) is 2. The number of imide groups is 1. The van der Waals surface area contributed by atoms with Gasteiger partial charge in [0, 0.05) is 11.4 Å². The second-order valence-electron chi connectivity index (χ2n) is 7.78. The van der Waals surface area contributed by atoms with Gasteiger partial charge < -0.3 is 24.5 Å². The van der Waals surface area contributed by atoms with Crippen LogP contribution in [0.4, 0.5) is 4.79 Å². The maximum Gasteiger partial charge on any atom is 0.340 e. The van der Waals surface area contributed by atoms with Crippen molar-refractivity contribution in [2.24, 2.45) is 0 Å². The number of ketones is 1. The standard InChI is InChI=1S/C22H23N3O7/c1-5-30-19(27)18-12(3)23-11(2)17(18)14(26)9-25-20(28)22(4,24-21(25)29)13-6-7-15-16(8-13)32-10-31-15/h6-8,23H,5,9-10H2,1-4H3,(H,24,29)/t22-/m0/s1. The summed E-state index contributed by atoms with van der Waals surface area (Å²) in [5, 5.41) is 2.66. The van der Waals surface area contributed by atoms with Crippen molar-refractivity contribution >= 4 is 23.7 Å². The maximum absolute atomic E-state index is 13.2. The molecule has 168 valence electrons. The summed E-state index contributed by atoms with van der Waals surface area (Å²) in [5.41, 5.74) is 0.271. The van der Waals surface area contributed by atoms with Crippen LogP contribution in [0.5, 0.6) is 11.5 Å². The molecule has 10 heteroatoms. The van der Waals surface area contributed by atoms with E-state index in [0.29, 0.717) is 28.5 Å². The minimum atomic E-state index is -1.38. The number of carbonyl (C=O) groups is 4. The number of nitrogens with zero attached hydrogens (tertiary/aromatic N) is 1. The van der Waals surface area contributed by atoms with Crippen molar-refractivity contribution in [3.05, 3.63) is 46.3 Å². The Bertz CT molecular complexity index is 1150. The molecule has 32 heavy (non-hydrogen) atoms. The summed E-state index contributed by atoms with van der Waals surface area (Å²) in [6.45, 7) is 6.23. The van der Waals surface area contributed by atoms with Crippen LogP contribution >= 0.6 is 0 Å². The molecule has 0 radical (unpaired) electrons. The van der Waals surface area contributed by atoms with E-state index in [9.17, 15) is 19.2 Å². The molecule has 1 aromatic carbocycles. The molecule has 1 fully saturated rings. The van der Waals surface area contributed by atoms with Crippen LogP contribution in [0, 0.1) is 13.8 Å². The predicted octanol–water partition coefficient (Wildman–Crippen LogP) is 2.19. The summed E-state index contributed by atoms with van der Waals surface area (Å²) in [7, 11) is 0. The summed E-state index contributed by atoms with van der Waals surface area (Å²) in [6.07, 6.45) is 0. The Kier molecular flexibility index (Phi) is 5.15. The number of aryl methyl sites for hydroxylation is 2. The number of H-pyrrole nitrogens is 1. The zero-order valence-electron chi connectivity index (χ0n) is 18.2. The Morgan fingerprint density at radius 2 is 1.81 bits per heavy atom. The third-order valence-electron chi connectivity index (χ3n) is 5.66. The van der Waals surface area contributed by atoms with Gasteiger partial charge >= 0.3 is 12.0 Å². The van der Waals surface area contributed by atoms with Gasteiger partial charge in [0.2, 0.25) is 6.79 Å². The fraction of sp³-hybridized carbons (Fsp3) is 0.364. The van der Waals surface area contributed by atoms with E-state index in [1.54, 1.807) is 45.9 Å². The first-order chi connectivity index (χ1) is 15.2. The average Bonchev–Trinajstić information content (AvgIpc) is 3.39. The molecule has 2 aromatic rings. The van der Waals surface area contributed by atoms with Crippen LogP contribution < -0.4 is 14.8 Å². The molecule has 2 aliphatic heterocycles. The molecule has 0 bridgehead atoms. The first kappa shape index (κ1) is 21.4. The van der Waals surface area contributed by atoms with E-state index in [2.05, 4.69) is 10.3 Å². The number of benzene rings is 1. The van der Waals surface area contributed by atoms with E-state index in [1.165, 1.54) is 0 Å². The van der Waals surface area contributed by atoms with E-state index >= 15 is 0 Å². The summed E-state index contributed by atoms with van der Waals surface area (Å²) in [5.74, 6) is -0.755. The number of aromatic amines is 1. The summed E-state index contributed by atoms with van der Waals surface area (Å²) in [4.78, 5) is 55.2. The summed E-state index contributed by atoms with van der Waals surface area (Å²) in [6, 6.07) is 4.25. The normalized spacial score (nSPS) is 19.3. The first-order valence-electron chi connectivity index (χ1n) is 10.1. The fourth-order valence-corrected chi connectivity index (χ4v) is 4.05. The van der Waals surface area contributed by atoms with Crippen molar-refractivity contribution in [1.29, 1.82) is 0 Å². The predicted molar refractivity (Wildman–Crippen MR) is 111 cm³/mol. The molecular weight excluding hydrogens is 418 g/mol. The third kappa shape index (κ3) is 3.28. The van der Waals surface area contributed by atoms with Gasteiger partial charge in [-0.2, -0.15) is 0 Å². The van der Waals surface area contributed by atoms with Crippen molar-refractivity contribution in [3.63, 3.8) is 0 Å². The molecule has 1 saturated heterocycles. The number of ether oxygens (including phenoxy) is 3. The monoisotopic (exact) mass is 441 g/mol. The van der Waals surface area contributed by atoms with E-state index in [1.807, 2.05) is 0 Å². The summed E-state index contributed by atoms with van der Waals surface area (Å²) >= 11 is 0. The first-order valence-corrected chi connectivity index (χ1v) is 10.1. The van der Waals surface area contributed by atoms with Gasteiger partial charge in [0.25, 0.3) is 5.91 Å². The molecule has 0 aliphatic carbocycles. The number of fused-ring (bicyclic) bond motifs is 1. The average molecular weight is 441 g/mol. The Labute approximate surface area is 183 Å². The minimum absolute atomic E-state index is 0.0780. The van der Waals surface area contributed by atoms with Gasteiger partial charge in [-0.15, -0.1) is 0 Å². The van der Waals surface area contributed by atoms with Crippen LogP contribution in [0.2, 0.25) is 0 Å². The lowest BCUT2D eigenvalue weighted by molar-refractivity contribution is -0.130. The fourth-order valence-electron chi connectivity index (χ4n) is 4.05. The van der Waals surface area contributed by atoms with Crippen molar-refractivity contribution in [2.75, 3.05) is 19.9 Å². The van der Waals surface area contributed by atoms with Crippen molar-refractivity contribution < 1.29 is 33.4 Å². The van der Waals surface area contributed by atoms with Crippen LogP contribution in [0.1, 0.15) is 51.5 Å². The van der Waals surface area contributed by atoms with E-state index in [-0.39, 0.29) is 24.5 Å². The summed E-state index contributed by atoms with van der Waals surface area (Å²) < 4.78 is 15.7. The van der Waals surface area contributed by atoms with Gasteiger partial charge in [0.1, 0.15) is 5.54 Å². The highest BCUT2D eigenvalue weighted by molar-refractivity contribution is 6.14. The maximum atomic E-state index is 13.2. The molecule has 3 heterocycles. The smallest absolute Gasteiger partial charge is 0.340 e. The number of amides is 3. The van der Waals surface area contributed by atoms with Gasteiger partial charge in [-0.1, -0.05) is 6.07 Å². The quantitative estimate of drug-likeness (QED) is 0.400. The van der Waals surface area contributed by atoms with Crippen LogP contribution in [-0.4, -0.2) is 53.5 Å². The molecule has 0 saturated carbocycles. The number of carbonyl (C=O) groups excluding carboxylic acids is 4. The molecule has 0 spiro atoms. The van der Waals surface area contributed by atoms with E-state index in [0.717, 1.165) is 4.90 Å². The largest absolute Gasteiger partial charge is 0.462 e. The number of hydrogen-bond acceptors (Lipinski definition) is 7. The van der Waals surface area contributed by atoms with E-state index in [4.69, 9.17) is 14.2 Å². The SMILES string of the molecule is CCOC(=O)c1c(C)[nH]c(C)c1C(=O)CN1C(=O)N[C@@](C)(c2ccc3c(c2)OCO3)C1=O. The molecule has 4 rings (SSSR count). The molecule has 1 aromatic heterocycles. The lowest BCUT2D eigenvalue weighted by atomic mass is 9.91. The Hall–Kier alpha value is -3.82. The zero-order chi connectivity index (χ0) is 23.2. The van der Waals surface area contributed by atoms with Gasteiger partial charge in [-0.05, 0) is 45.4 Å². The molecule has 1 atom stereocenters. The van der Waals surface area contributed by atoms with Crippen molar-refractivity contribution in [3.8, 4) is 11.5 Å². The zero-order valence-corrected chi connectivity index (χ0v) is 18.2. The Balaban J connectivity index is 1.61. The minimum Gasteiger partial charge on any atom is -0.462 e. The van der Waals surface area contributed by atoms with Gasteiger partial charge in [0.05, 0.1) is 24.3 Å². The van der Waals surface area contributed by atoms with Crippen molar-refractivity contribution in [2.45, 2.75) is 33.2 Å².